The number of amides is 1. The lowest BCUT2D eigenvalue weighted by atomic mass is 9.84. The van der Waals surface area contributed by atoms with Gasteiger partial charge in [0.05, 0.1) is 7.11 Å². The number of methoxy groups -OCH3 is 1. The van der Waals surface area contributed by atoms with E-state index in [9.17, 15) is 9.59 Å². The average molecular weight is 290 g/mol. The quantitative estimate of drug-likeness (QED) is 0.809. The summed E-state index contributed by atoms with van der Waals surface area (Å²) in [5, 5.41) is 3.27. The minimum Gasteiger partial charge on any atom is -0.497 e. The highest BCUT2D eigenvalue weighted by atomic mass is 16.5. The lowest BCUT2D eigenvalue weighted by Gasteiger charge is -2.20. The summed E-state index contributed by atoms with van der Waals surface area (Å²) < 4.78 is 5.22. The maximum Gasteiger partial charge on any atom is 0.249 e. The van der Waals surface area contributed by atoms with Crippen LogP contribution in [0.15, 0.2) is 12.1 Å². The Morgan fingerprint density at radius 2 is 2.00 bits per heavy atom. The molecule has 1 heterocycles. The summed E-state index contributed by atoms with van der Waals surface area (Å²) in [6.07, 6.45) is 0.894. The van der Waals surface area contributed by atoms with Crippen LogP contribution in [0.3, 0.4) is 0 Å². The van der Waals surface area contributed by atoms with Gasteiger partial charge in [0.15, 0.2) is 5.78 Å². The van der Waals surface area contributed by atoms with Crippen LogP contribution in [0.2, 0.25) is 0 Å². The summed E-state index contributed by atoms with van der Waals surface area (Å²) in [7, 11) is 1.51. The topological polar surface area (TPSA) is 81.4 Å². The van der Waals surface area contributed by atoms with E-state index in [0.717, 1.165) is 25.1 Å². The van der Waals surface area contributed by atoms with E-state index in [1.807, 2.05) is 13.8 Å². The molecule has 1 unspecified atom stereocenters. The first-order chi connectivity index (χ1) is 9.95. The zero-order valence-corrected chi connectivity index (χ0v) is 12.7. The maximum atomic E-state index is 12.5. The minimum absolute atomic E-state index is 0.0123. The Balaban J connectivity index is 2.66. The summed E-state index contributed by atoms with van der Waals surface area (Å²) >= 11 is 0. The highest BCUT2D eigenvalue weighted by Gasteiger charge is 2.28. The van der Waals surface area contributed by atoms with Crippen molar-refractivity contribution in [3.63, 3.8) is 0 Å². The van der Waals surface area contributed by atoms with Gasteiger partial charge in [0.25, 0.3) is 0 Å². The summed E-state index contributed by atoms with van der Waals surface area (Å²) in [5.41, 5.74) is 7.25. The molecule has 1 aliphatic heterocycles. The van der Waals surface area contributed by atoms with E-state index in [2.05, 4.69) is 5.32 Å². The van der Waals surface area contributed by atoms with Gasteiger partial charge in [-0.1, -0.05) is 13.8 Å². The second kappa shape index (κ2) is 6.26. The van der Waals surface area contributed by atoms with Gasteiger partial charge in [-0.05, 0) is 36.6 Å². The normalized spacial score (nSPS) is 18.0. The highest BCUT2D eigenvalue weighted by Crippen LogP contribution is 2.33. The number of hydrogen-bond donors (Lipinski definition) is 2. The number of carbonyl (C=O) groups excluding carboxylic acids is 2. The fourth-order valence-corrected chi connectivity index (χ4v) is 2.80. The third-order valence-corrected chi connectivity index (χ3v) is 3.91. The van der Waals surface area contributed by atoms with Crippen LogP contribution in [-0.4, -0.2) is 31.9 Å². The Kier molecular flexibility index (Phi) is 4.63. The molecule has 5 heteroatoms. The van der Waals surface area contributed by atoms with Crippen molar-refractivity contribution in [1.82, 2.24) is 5.32 Å². The van der Waals surface area contributed by atoms with Crippen molar-refractivity contribution < 1.29 is 14.3 Å². The molecule has 1 aromatic carbocycles. The van der Waals surface area contributed by atoms with Gasteiger partial charge in [0, 0.05) is 23.6 Å². The first-order valence-corrected chi connectivity index (χ1v) is 7.22. The maximum absolute atomic E-state index is 12.5. The number of nitrogens with one attached hydrogen (secondary N) is 1. The van der Waals surface area contributed by atoms with Gasteiger partial charge in [-0.3, -0.25) is 9.59 Å². The van der Waals surface area contributed by atoms with Crippen LogP contribution in [0, 0.1) is 5.92 Å². The van der Waals surface area contributed by atoms with E-state index >= 15 is 0 Å². The molecule has 2 rings (SSSR count). The average Bonchev–Trinajstić information content (AvgIpc) is 2.98. The molecule has 1 aliphatic rings. The number of carbonyl (C=O) groups is 2. The van der Waals surface area contributed by atoms with Crippen molar-refractivity contribution in [3.05, 3.63) is 28.8 Å². The minimum atomic E-state index is -0.520. The van der Waals surface area contributed by atoms with Crippen molar-refractivity contribution in [3.8, 4) is 5.75 Å². The second-order valence-corrected chi connectivity index (χ2v) is 5.71. The standard InChI is InChI=1S/C16H22N2O3/c1-9(2)15(19)12-6-11(21-3)7-13(16(17)20)14(12)10-4-5-18-8-10/h6-7,9-10,18H,4-5,8H2,1-3H3,(H2,17,20). The number of Topliss-reactive ketones (excluding diaryl/α,β-unsaturated/α-hetero) is 1. The van der Waals surface area contributed by atoms with Gasteiger partial charge < -0.3 is 15.8 Å². The Morgan fingerprint density at radius 3 is 2.48 bits per heavy atom. The number of benzene rings is 1. The smallest absolute Gasteiger partial charge is 0.249 e. The first kappa shape index (κ1) is 15.5. The number of ether oxygens (including phenoxy) is 1. The van der Waals surface area contributed by atoms with Crippen LogP contribution in [0.25, 0.3) is 0 Å². The molecule has 5 nitrogen and oxygen atoms in total. The molecular weight excluding hydrogens is 268 g/mol. The van der Waals surface area contributed by atoms with Gasteiger partial charge in [0.2, 0.25) is 5.91 Å². The van der Waals surface area contributed by atoms with E-state index in [4.69, 9.17) is 10.5 Å². The molecule has 1 aromatic rings. The SMILES string of the molecule is COc1cc(C(N)=O)c(C2CCNC2)c(C(=O)C(C)C)c1. The van der Waals surface area contributed by atoms with Crippen LogP contribution in [0.5, 0.6) is 5.75 Å². The van der Waals surface area contributed by atoms with Gasteiger partial charge in [0.1, 0.15) is 5.75 Å². The van der Waals surface area contributed by atoms with Crippen LogP contribution < -0.4 is 15.8 Å². The fraction of sp³-hybridized carbons (Fsp3) is 0.500. The predicted octanol–water partition coefficient (Wildman–Crippen LogP) is 1.71. The van der Waals surface area contributed by atoms with Crippen LogP contribution in [0.4, 0.5) is 0 Å². The third kappa shape index (κ3) is 3.08. The van der Waals surface area contributed by atoms with E-state index < -0.39 is 5.91 Å². The lowest BCUT2D eigenvalue weighted by molar-refractivity contribution is 0.0937. The second-order valence-electron chi connectivity index (χ2n) is 5.71. The van der Waals surface area contributed by atoms with Crippen LogP contribution in [-0.2, 0) is 0 Å². The molecule has 0 spiro atoms. The Labute approximate surface area is 124 Å². The predicted molar refractivity (Wildman–Crippen MR) is 80.9 cm³/mol. The third-order valence-electron chi connectivity index (χ3n) is 3.91. The van der Waals surface area contributed by atoms with E-state index in [-0.39, 0.29) is 17.6 Å². The summed E-state index contributed by atoms with van der Waals surface area (Å²) in [4.78, 5) is 24.4. The summed E-state index contributed by atoms with van der Waals surface area (Å²) in [5.74, 6) is -0.0311. The van der Waals surface area contributed by atoms with Crippen molar-refractivity contribution in [2.45, 2.75) is 26.2 Å². The largest absolute Gasteiger partial charge is 0.497 e. The Bertz CT molecular complexity index is 561. The zero-order valence-electron chi connectivity index (χ0n) is 12.7. The lowest BCUT2D eigenvalue weighted by Crippen LogP contribution is -2.22. The van der Waals surface area contributed by atoms with Gasteiger partial charge in [-0.15, -0.1) is 0 Å². The zero-order chi connectivity index (χ0) is 15.6. The summed E-state index contributed by atoms with van der Waals surface area (Å²) in [6, 6.07) is 3.36. The molecule has 1 atom stereocenters. The van der Waals surface area contributed by atoms with E-state index in [1.54, 1.807) is 12.1 Å². The van der Waals surface area contributed by atoms with Gasteiger partial charge >= 0.3 is 0 Å². The monoisotopic (exact) mass is 290 g/mol. The first-order valence-electron chi connectivity index (χ1n) is 7.22. The van der Waals surface area contributed by atoms with Crippen molar-refractivity contribution in [2.24, 2.45) is 11.7 Å². The Hall–Kier alpha value is -1.88. The number of rotatable bonds is 5. The number of hydrogen-bond acceptors (Lipinski definition) is 4. The molecule has 0 aromatic heterocycles. The molecule has 1 saturated heterocycles. The van der Waals surface area contributed by atoms with Crippen molar-refractivity contribution in [1.29, 1.82) is 0 Å². The number of nitrogens with two attached hydrogens (primary N) is 1. The molecule has 114 valence electrons. The molecule has 0 saturated carbocycles. The van der Waals surface area contributed by atoms with Crippen LogP contribution in [0.1, 0.15) is 52.5 Å². The molecule has 3 N–H and O–H groups in total. The van der Waals surface area contributed by atoms with Crippen molar-refractivity contribution in [2.75, 3.05) is 20.2 Å². The molecular formula is C16H22N2O3. The molecule has 0 aliphatic carbocycles. The van der Waals surface area contributed by atoms with Gasteiger partial charge in [-0.25, -0.2) is 0 Å². The Morgan fingerprint density at radius 1 is 1.33 bits per heavy atom. The van der Waals surface area contributed by atoms with Crippen LogP contribution >= 0.6 is 0 Å². The van der Waals surface area contributed by atoms with Crippen molar-refractivity contribution >= 4 is 11.7 Å². The van der Waals surface area contributed by atoms with E-state index in [0.29, 0.717) is 16.9 Å². The summed E-state index contributed by atoms with van der Waals surface area (Å²) in [6.45, 7) is 5.33. The fourth-order valence-electron chi connectivity index (χ4n) is 2.80. The molecule has 0 radical (unpaired) electrons. The van der Waals surface area contributed by atoms with Gasteiger partial charge in [-0.2, -0.15) is 0 Å². The molecule has 0 bridgehead atoms. The number of ketones is 1. The molecule has 1 fully saturated rings. The number of primary amides is 1. The molecule has 21 heavy (non-hydrogen) atoms. The van der Waals surface area contributed by atoms with E-state index in [1.165, 1.54) is 7.11 Å². The highest BCUT2D eigenvalue weighted by molar-refractivity contribution is 6.04. The molecule has 1 amide bonds.